The molecule has 1 amide bonds. The first kappa shape index (κ1) is 21.9. The van der Waals surface area contributed by atoms with Crippen LogP contribution in [-0.4, -0.2) is 39.9 Å². The van der Waals surface area contributed by atoms with Crippen molar-refractivity contribution in [3.8, 4) is 11.3 Å². The van der Waals surface area contributed by atoms with E-state index in [0.29, 0.717) is 27.7 Å². The van der Waals surface area contributed by atoms with Gasteiger partial charge in [0.25, 0.3) is 5.91 Å². The average Bonchev–Trinajstić information content (AvgIpc) is 2.72. The number of carbonyl (C=O) groups excluding carboxylic acids is 1. The topological polar surface area (TPSA) is 82.5 Å². The van der Waals surface area contributed by atoms with E-state index in [1.807, 2.05) is 45.0 Å². The molecule has 3 aromatic rings. The van der Waals surface area contributed by atoms with Crippen LogP contribution in [0.15, 0.2) is 54.6 Å². The molecule has 2 atom stereocenters. The van der Waals surface area contributed by atoms with Gasteiger partial charge in [0, 0.05) is 10.9 Å². The molecule has 1 aromatic heterocycles. The number of aliphatic hydroxyl groups excluding tert-OH is 2. The molecule has 0 fully saturated rings. The molecule has 30 heavy (non-hydrogen) atoms. The normalized spacial score (nSPS) is 13.8. The fourth-order valence-corrected chi connectivity index (χ4v) is 3.20. The largest absolute Gasteiger partial charge is 0.394 e. The van der Waals surface area contributed by atoms with Crippen LogP contribution in [0.5, 0.6) is 0 Å². The van der Waals surface area contributed by atoms with Crippen LogP contribution in [0, 0.1) is 11.2 Å². The summed E-state index contributed by atoms with van der Waals surface area (Å²) in [6.45, 7) is 5.42. The predicted octanol–water partition coefficient (Wildman–Crippen LogP) is 3.93. The minimum absolute atomic E-state index is 0.236. The molecular formula is C24H27FN2O3. The summed E-state index contributed by atoms with van der Waals surface area (Å²) < 4.78 is 13.3. The van der Waals surface area contributed by atoms with E-state index in [1.54, 1.807) is 18.2 Å². The summed E-state index contributed by atoms with van der Waals surface area (Å²) in [4.78, 5) is 17.7. The van der Waals surface area contributed by atoms with Crippen molar-refractivity contribution < 1.29 is 19.4 Å². The van der Waals surface area contributed by atoms with Crippen molar-refractivity contribution in [2.45, 2.75) is 39.3 Å². The van der Waals surface area contributed by atoms with Gasteiger partial charge in [0.2, 0.25) is 0 Å². The molecule has 6 heteroatoms. The highest BCUT2D eigenvalue weighted by atomic mass is 19.1. The van der Waals surface area contributed by atoms with Crippen LogP contribution in [0.4, 0.5) is 4.39 Å². The van der Waals surface area contributed by atoms with Gasteiger partial charge in [0.05, 0.1) is 35.5 Å². The third kappa shape index (κ3) is 5.01. The third-order valence-electron chi connectivity index (χ3n) is 5.16. The number of nitrogens with one attached hydrogen (secondary N) is 1. The highest BCUT2D eigenvalue weighted by Gasteiger charge is 2.26. The number of fused-ring (bicyclic) bond motifs is 1. The SMILES string of the molecule is CC(C)(C)[C@H](O)C[C@H](CO)NC(=O)c1cc(-c2ccc(F)cc2)nc2ccccc12. The standard InChI is InChI=1S/C24H27FN2O3/c1-24(2,3)22(29)12-17(14-28)26-23(30)19-13-21(15-8-10-16(25)11-9-15)27-20-7-5-4-6-18(19)20/h4-11,13,17,22,28-29H,12,14H2,1-3H3,(H,26,30)/t17-,22-/m1/s1. The Kier molecular flexibility index (Phi) is 6.48. The molecule has 5 nitrogen and oxygen atoms in total. The molecule has 0 aliphatic heterocycles. The van der Waals surface area contributed by atoms with Crippen LogP contribution in [-0.2, 0) is 0 Å². The van der Waals surface area contributed by atoms with E-state index in [-0.39, 0.29) is 30.2 Å². The van der Waals surface area contributed by atoms with Crippen molar-refractivity contribution in [3.63, 3.8) is 0 Å². The van der Waals surface area contributed by atoms with Crippen LogP contribution >= 0.6 is 0 Å². The van der Waals surface area contributed by atoms with Crippen LogP contribution < -0.4 is 5.32 Å². The van der Waals surface area contributed by atoms with Crippen LogP contribution in [0.3, 0.4) is 0 Å². The van der Waals surface area contributed by atoms with E-state index in [1.165, 1.54) is 12.1 Å². The van der Waals surface area contributed by atoms with Crippen molar-refractivity contribution in [3.05, 3.63) is 66.0 Å². The molecule has 0 aliphatic carbocycles. The lowest BCUT2D eigenvalue weighted by molar-refractivity contribution is 0.0383. The highest BCUT2D eigenvalue weighted by Crippen LogP contribution is 2.26. The number of aromatic nitrogens is 1. The Morgan fingerprint density at radius 3 is 2.43 bits per heavy atom. The summed E-state index contributed by atoms with van der Waals surface area (Å²) in [6, 6.07) is 14.3. The molecule has 0 radical (unpaired) electrons. The number of nitrogens with zero attached hydrogens (tertiary/aromatic N) is 1. The molecule has 0 bridgehead atoms. The van der Waals surface area contributed by atoms with E-state index in [9.17, 15) is 19.4 Å². The number of carbonyl (C=O) groups is 1. The second kappa shape index (κ2) is 8.90. The Morgan fingerprint density at radius 2 is 1.80 bits per heavy atom. The van der Waals surface area contributed by atoms with E-state index >= 15 is 0 Å². The Balaban J connectivity index is 1.95. The van der Waals surface area contributed by atoms with E-state index < -0.39 is 12.1 Å². The molecule has 1 heterocycles. The Labute approximate surface area is 175 Å². The maximum atomic E-state index is 13.3. The van der Waals surface area contributed by atoms with Gasteiger partial charge in [-0.25, -0.2) is 9.37 Å². The zero-order valence-corrected chi connectivity index (χ0v) is 17.4. The van der Waals surface area contributed by atoms with Gasteiger partial charge >= 0.3 is 0 Å². The summed E-state index contributed by atoms with van der Waals surface area (Å²) in [5.41, 5.74) is 1.92. The maximum Gasteiger partial charge on any atom is 0.252 e. The molecule has 2 aromatic carbocycles. The van der Waals surface area contributed by atoms with Crippen molar-refractivity contribution in [1.82, 2.24) is 10.3 Å². The smallest absolute Gasteiger partial charge is 0.252 e. The van der Waals surface area contributed by atoms with Crippen LogP contribution in [0.2, 0.25) is 0 Å². The van der Waals surface area contributed by atoms with Crippen molar-refractivity contribution in [2.24, 2.45) is 5.41 Å². The number of hydrogen-bond acceptors (Lipinski definition) is 4. The maximum absolute atomic E-state index is 13.3. The minimum Gasteiger partial charge on any atom is -0.394 e. The number of hydrogen-bond donors (Lipinski definition) is 3. The fraction of sp³-hybridized carbons (Fsp3) is 0.333. The number of rotatable bonds is 6. The first-order chi connectivity index (χ1) is 14.2. The summed E-state index contributed by atoms with van der Waals surface area (Å²) >= 11 is 0. The predicted molar refractivity (Wildman–Crippen MR) is 116 cm³/mol. The van der Waals surface area contributed by atoms with Crippen LogP contribution in [0.1, 0.15) is 37.6 Å². The second-order valence-electron chi connectivity index (χ2n) is 8.55. The fourth-order valence-electron chi connectivity index (χ4n) is 3.20. The lowest BCUT2D eigenvalue weighted by Gasteiger charge is -2.29. The van der Waals surface area contributed by atoms with Crippen molar-refractivity contribution >= 4 is 16.8 Å². The van der Waals surface area contributed by atoms with E-state index in [2.05, 4.69) is 10.3 Å². The number of benzene rings is 2. The molecule has 0 saturated carbocycles. The van der Waals surface area contributed by atoms with Gasteiger partial charge in [-0.15, -0.1) is 0 Å². The van der Waals surface area contributed by atoms with Gasteiger partial charge in [-0.1, -0.05) is 39.0 Å². The van der Waals surface area contributed by atoms with E-state index in [0.717, 1.165) is 0 Å². The third-order valence-corrected chi connectivity index (χ3v) is 5.16. The van der Waals surface area contributed by atoms with Gasteiger partial charge in [0.15, 0.2) is 0 Å². The second-order valence-corrected chi connectivity index (χ2v) is 8.55. The molecule has 158 valence electrons. The van der Waals surface area contributed by atoms with Gasteiger partial charge in [-0.2, -0.15) is 0 Å². The first-order valence-electron chi connectivity index (χ1n) is 9.94. The van der Waals surface area contributed by atoms with Crippen molar-refractivity contribution in [2.75, 3.05) is 6.61 Å². The molecule has 3 N–H and O–H groups in total. The van der Waals surface area contributed by atoms with Crippen molar-refractivity contribution in [1.29, 1.82) is 0 Å². The Hall–Kier alpha value is -2.83. The number of para-hydroxylation sites is 1. The first-order valence-corrected chi connectivity index (χ1v) is 9.94. The Morgan fingerprint density at radius 1 is 1.13 bits per heavy atom. The zero-order chi connectivity index (χ0) is 21.9. The van der Waals surface area contributed by atoms with Gasteiger partial charge in [0.1, 0.15) is 5.82 Å². The number of pyridine rings is 1. The molecule has 0 aliphatic rings. The summed E-state index contributed by atoms with van der Waals surface area (Å²) in [7, 11) is 0. The quantitative estimate of drug-likeness (QED) is 0.575. The number of halogens is 1. The zero-order valence-electron chi connectivity index (χ0n) is 17.4. The monoisotopic (exact) mass is 410 g/mol. The number of aliphatic hydroxyl groups is 2. The lowest BCUT2D eigenvalue weighted by atomic mass is 9.85. The molecular weight excluding hydrogens is 383 g/mol. The molecule has 0 spiro atoms. The number of amides is 1. The highest BCUT2D eigenvalue weighted by molar-refractivity contribution is 6.07. The molecule has 0 unspecified atom stereocenters. The minimum atomic E-state index is -0.682. The van der Waals surface area contributed by atoms with Gasteiger partial charge in [-0.3, -0.25) is 4.79 Å². The molecule has 3 rings (SSSR count). The summed E-state index contributed by atoms with van der Waals surface area (Å²) in [5.74, 6) is -0.710. The van der Waals surface area contributed by atoms with E-state index in [4.69, 9.17) is 0 Å². The Bertz CT molecular complexity index is 1030. The summed E-state index contributed by atoms with van der Waals surface area (Å²) in [6.07, 6.45) is -0.446. The van der Waals surface area contributed by atoms with Gasteiger partial charge in [-0.05, 0) is 48.2 Å². The van der Waals surface area contributed by atoms with Crippen LogP contribution in [0.25, 0.3) is 22.2 Å². The lowest BCUT2D eigenvalue weighted by Crippen LogP contribution is -2.42. The molecule has 0 saturated heterocycles. The average molecular weight is 410 g/mol. The van der Waals surface area contributed by atoms with Gasteiger partial charge < -0.3 is 15.5 Å². The summed E-state index contributed by atoms with van der Waals surface area (Å²) in [5, 5.41) is 23.6.